The minimum absolute atomic E-state index is 0.228. The quantitative estimate of drug-likeness (QED) is 0.794. The van der Waals surface area contributed by atoms with Gasteiger partial charge >= 0.3 is 12.0 Å². The Kier molecular flexibility index (Phi) is 6.17. The molecule has 0 aromatic rings. The number of piperidine rings is 1. The number of carboxylic acid groups (broad SMARTS) is 1. The summed E-state index contributed by atoms with van der Waals surface area (Å²) in [7, 11) is 0. The number of carboxylic acids is 1. The van der Waals surface area contributed by atoms with E-state index >= 15 is 0 Å². The minimum Gasteiger partial charge on any atom is -0.480 e. The third-order valence-electron chi connectivity index (χ3n) is 4.33. The fraction of sp³-hybridized carbons (Fsp3) is 0.857. The first-order valence-electron chi connectivity index (χ1n) is 7.63. The molecule has 0 saturated carbocycles. The Morgan fingerprint density at radius 3 is 2.86 bits per heavy atom. The van der Waals surface area contributed by atoms with Crippen molar-refractivity contribution in [2.45, 2.75) is 37.8 Å². The van der Waals surface area contributed by atoms with Crippen molar-refractivity contribution in [3.05, 3.63) is 0 Å². The maximum atomic E-state index is 12.3. The lowest BCUT2D eigenvalue weighted by Gasteiger charge is -2.44. The van der Waals surface area contributed by atoms with Crippen LogP contribution in [0, 0.1) is 0 Å². The van der Waals surface area contributed by atoms with Gasteiger partial charge in [0, 0.05) is 25.7 Å². The van der Waals surface area contributed by atoms with Crippen molar-refractivity contribution in [3.63, 3.8) is 0 Å². The van der Waals surface area contributed by atoms with E-state index in [0.29, 0.717) is 19.0 Å². The highest BCUT2D eigenvalue weighted by Crippen LogP contribution is 2.21. The molecule has 21 heavy (non-hydrogen) atoms. The van der Waals surface area contributed by atoms with Crippen LogP contribution in [0.2, 0.25) is 0 Å². The molecular formula is C14H25N3O3S. The van der Waals surface area contributed by atoms with E-state index in [0.717, 1.165) is 31.8 Å². The predicted octanol–water partition coefficient (Wildman–Crippen LogP) is 1.07. The van der Waals surface area contributed by atoms with Gasteiger partial charge in [-0.05, 0) is 37.8 Å². The summed E-state index contributed by atoms with van der Waals surface area (Å²) >= 11 is 1.59. The number of rotatable bonds is 5. The Hall–Kier alpha value is -0.950. The minimum atomic E-state index is -0.950. The summed E-state index contributed by atoms with van der Waals surface area (Å²) in [5.41, 5.74) is 0. The molecule has 0 radical (unpaired) electrons. The largest absolute Gasteiger partial charge is 0.480 e. The molecule has 2 fully saturated rings. The first kappa shape index (κ1) is 16.4. The third kappa shape index (κ3) is 4.51. The van der Waals surface area contributed by atoms with Crippen molar-refractivity contribution < 1.29 is 14.7 Å². The molecule has 2 rings (SSSR count). The Balaban J connectivity index is 1.85. The van der Waals surface area contributed by atoms with Gasteiger partial charge in [-0.25, -0.2) is 9.59 Å². The fourth-order valence-corrected chi connectivity index (χ4v) is 3.55. The highest BCUT2D eigenvalue weighted by atomic mass is 32.2. The van der Waals surface area contributed by atoms with Crippen molar-refractivity contribution >= 4 is 23.8 Å². The number of aliphatic carboxylic acids is 1. The zero-order valence-electron chi connectivity index (χ0n) is 12.6. The molecule has 0 bridgehead atoms. The number of fused-ring (bicyclic) bond motifs is 1. The highest BCUT2D eigenvalue weighted by Gasteiger charge is 2.32. The lowest BCUT2D eigenvalue weighted by Crippen LogP contribution is -2.59. The van der Waals surface area contributed by atoms with Crippen LogP contribution in [-0.2, 0) is 4.79 Å². The average molecular weight is 315 g/mol. The van der Waals surface area contributed by atoms with Gasteiger partial charge in [0.05, 0.1) is 0 Å². The van der Waals surface area contributed by atoms with Crippen LogP contribution in [0.4, 0.5) is 4.79 Å². The van der Waals surface area contributed by atoms with Gasteiger partial charge in [-0.3, -0.25) is 4.90 Å². The van der Waals surface area contributed by atoms with Crippen LogP contribution in [-0.4, -0.2) is 77.2 Å². The molecule has 2 aliphatic heterocycles. The number of hydrogen-bond acceptors (Lipinski definition) is 4. The van der Waals surface area contributed by atoms with Crippen LogP contribution < -0.4 is 5.32 Å². The fourth-order valence-electron chi connectivity index (χ4n) is 3.07. The third-order valence-corrected chi connectivity index (χ3v) is 4.97. The number of nitrogens with one attached hydrogen (secondary N) is 1. The molecule has 120 valence electrons. The van der Waals surface area contributed by atoms with E-state index in [1.165, 1.54) is 12.8 Å². The molecule has 0 aromatic carbocycles. The van der Waals surface area contributed by atoms with Crippen LogP contribution >= 0.6 is 11.8 Å². The highest BCUT2D eigenvalue weighted by molar-refractivity contribution is 7.98. The maximum Gasteiger partial charge on any atom is 0.326 e. The van der Waals surface area contributed by atoms with Crippen molar-refractivity contribution in [2.24, 2.45) is 0 Å². The summed E-state index contributed by atoms with van der Waals surface area (Å²) in [6.07, 6.45) is 6.01. The summed E-state index contributed by atoms with van der Waals surface area (Å²) in [6.45, 7) is 3.45. The summed E-state index contributed by atoms with van der Waals surface area (Å²) < 4.78 is 0. The van der Waals surface area contributed by atoms with Crippen LogP contribution in [0.25, 0.3) is 0 Å². The van der Waals surface area contributed by atoms with Crippen molar-refractivity contribution in [1.29, 1.82) is 0 Å². The van der Waals surface area contributed by atoms with Gasteiger partial charge in [-0.1, -0.05) is 6.42 Å². The van der Waals surface area contributed by atoms with Crippen molar-refractivity contribution in [2.75, 3.05) is 38.2 Å². The van der Waals surface area contributed by atoms with Crippen molar-refractivity contribution in [3.8, 4) is 0 Å². The SMILES string of the molecule is CSCC[C@@H](NC(=O)N1CCN2CCCCC2C1)C(=O)O. The first-order valence-corrected chi connectivity index (χ1v) is 9.02. The van der Waals surface area contributed by atoms with Gasteiger partial charge < -0.3 is 15.3 Å². The molecule has 2 heterocycles. The smallest absolute Gasteiger partial charge is 0.326 e. The number of urea groups is 1. The molecule has 1 unspecified atom stereocenters. The number of carbonyl (C=O) groups is 2. The normalized spacial score (nSPS) is 24.2. The van der Waals surface area contributed by atoms with Crippen LogP contribution in [0.1, 0.15) is 25.7 Å². The predicted molar refractivity (Wildman–Crippen MR) is 83.7 cm³/mol. The second kappa shape index (κ2) is 7.89. The summed E-state index contributed by atoms with van der Waals surface area (Å²) in [5.74, 6) is -0.220. The van der Waals surface area contributed by atoms with E-state index in [9.17, 15) is 14.7 Å². The Morgan fingerprint density at radius 1 is 1.33 bits per heavy atom. The number of nitrogens with zero attached hydrogens (tertiary/aromatic N) is 2. The van der Waals surface area contributed by atoms with E-state index in [1.807, 2.05) is 6.26 Å². The van der Waals surface area contributed by atoms with Crippen LogP contribution in [0.5, 0.6) is 0 Å². The standard InChI is InChI=1S/C14H25N3O3S/c1-21-9-5-12(13(18)19)15-14(20)17-8-7-16-6-3-2-4-11(16)10-17/h11-12H,2-10H2,1H3,(H,15,20)(H,18,19)/t11?,12-/m1/s1. The topological polar surface area (TPSA) is 72.9 Å². The summed E-state index contributed by atoms with van der Waals surface area (Å²) in [5, 5.41) is 11.9. The van der Waals surface area contributed by atoms with Gasteiger partial charge in [0.25, 0.3) is 0 Å². The number of hydrogen-bond donors (Lipinski definition) is 2. The number of carbonyl (C=O) groups excluding carboxylic acids is 1. The Bertz CT molecular complexity index is 380. The summed E-state index contributed by atoms with van der Waals surface area (Å²) in [4.78, 5) is 27.7. The lowest BCUT2D eigenvalue weighted by molar-refractivity contribution is -0.139. The first-order chi connectivity index (χ1) is 10.1. The molecule has 2 amide bonds. The molecule has 7 heteroatoms. The maximum absolute atomic E-state index is 12.3. The van der Waals surface area contributed by atoms with Crippen molar-refractivity contribution in [1.82, 2.24) is 15.1 Å². The van der Waals surface area contributed by atoms with Gasteiger partial charge in [-0.15, -0.1) is 0 Å². The Labute approximate surface area is 130 Å². The molecule has 2 saturated heterocycles. The van der Waals surface area contributed by atoms with Gasteiger partial charge in [0.1, 0.15) is 6.04 Å². The monoisotopic (exact) mass is 315 g/mol. The molecule has 2 aliphatic rings. The van der Waals surface area contributed by atoms with E-state index in [2.05, 4.69) is 10.2 Å². The molecule has 2 N–H and O–H groups in total. The zero-order chi connectivity index (χ0) is 15.2. The molecule has 0 aromatic heterocycles. The average Bonchev–Trinajstić information content (AvgIpc) is 2.50. The molecular weight excluding hydrogens is 290 g/mol. The molecule has 0 aliphatic carbocycles. The van der Waals surface area contributed by atoms with E-state index < -0.39 is 12.0 Å². The molecule has 2 atom stereocenters. The van der Waals surface area contributed by atoms with E-state index in [4.69, 9.17) is 0 Å². The molecule has 0 spiro atoms. The zero-order valence-corrected chi connectivity index (χ0v) is 13.4. The van der Waals surface area contributed by atoms with E-state index in [-0.39, 0.29) is 6.03 Å². The van der Waals surface area contributed by atoms with Crippen LogP contribution in [0.3, 0.4) is 0 Å². The van der Waals surface area contributed by atoms with Gasteiger partial charge in [-0.2, -0.15) is 11.8 Å². The second-order valence-corrected chi connectivity index (χ2v) is 6.74. The van der Waals surface area contributed by atoms with Gasteiger partial charge in [0.2, 0.25) is 0 Å². The van der Waals surface area contributed by atoms with Gasteiger partial charge in [0.15, 0.2) is 0 Å². The second-order valence-electron chi connectivity index (χ2n) is 5.75. The van der Waals surface area contributed by atoms with Crippen LogP contribution in [0.15, 0.2) is 0 Å². The number of piperazine rings is 1. The number of amides is 2. The van der Waals surface area contributed by atoms with E-state index in [1.54, 1.807) is 16.7 Å². The Morgan fingerprint density at radius 2 is 2.14 bits per heavy atom. The lowest BCUT2D eigenvalue weighted by atomic mass is 10.00. The summed E-state index contributed by atoms with van der Waals surface area (Å²) in [6, 6.07) is -0.559. The molecule has 6 nitrogen and oxygen atoms in total. The number of thioether (sulfide) groups is 1.